The van der Waals surface area contributed by atoms with Crippen LogP contribution in [0.3, 0.4) is 0 Å². The third-order valence-corrected chi connectivity index (χ3v) is 1.54. The van der Waals surface area contributed by atoms with Crippen LogP contribution in [0.2, 0.25) is 0 Å². The molecule has 0 saturated carbocycles. The van der Waals surface area contributed by atoms with Crippen molar-refractivity contribution in [3.8, 4) is 0 Å². The fourth-order valence-corrected chi connectivity index (χ4v) is 1.03. The molecular formula is C9H12BN. The Morgan fingerprint density at radius 2 is 1.91 bits per heavy atom. The SMILES string of the molecule is [B]c1ccc(CC(C)N)cc1. The van der Waals surface area contributed by atoms with E-state index in [1.54, 1.807) is 0 Å². The van der Waals surface area contributed by atoms with Gasteiger partial charge in [-0.25, -0.2) is 0 Å². The third-order valence-electron chi connectivity index (χ3n) is 1.54. The Kier molecular flexibility index (Phi) is 2.72. The molecule has 0 heterocycles. The lowest BCUT2D eigenvalue weighted by Crippen LogP contribution is -2.18. The third kappa shape index (κ3) is 2.77. The maximum Gasteiger partial charge on any atom is 0.113 e. The van der Waals surface area contributed by atoms with Gasteiger partial charge in [-0.15, -0.1) is 0 Å². The fraction of sp³-hybridized carbons (Fsp3) is 0.333. The Hall–Kier alpha value is -0.755. The predicted molar refractivity (Wildman–Crippen MR) is 49.2 cm³/mol. The van der Waals surface area contributed by atoms with Gasteiger partial charge in [-0.3, -0.25) is 0 Å². The van der Waals surface area contributed by atoms with Gasteiger partial charge in [0.2, 0.25) is 0 Å². The van der Waals surface area contributed by atoms with Crippen molar-refractivity contribution in [2.75, 3.05) is 0 Å². The van der Waals surface area contributed by atoms with Gasteiger partial charge < -0.3 is 5.73 Å². The number of rotatable bonds is 2. The summed E-state index contributed by atoms with van der Waals surface area (Å²) < 4.78 is 0. The maximum atomic E-state index is 5.63. The van der Waals surface area contributed by atoms with Gasteiger partial charge in [0.1, 0.15) is 7.85 Å². The number of benzene rings is 1. The normalized spacial score (nSPS) is 12.9. The summed E-state index contributed by atoms with van der Waals surface area (Å²) >= 11 is 0. The van der Waals surface area contributed by atoms with Crippen molar-refractivity contribution in [3.63, 3.8) is 0 Å². The van der Waals surface area contributed by atoms with Gasteiger partial charge in [-0.2, -0.15) is 0 Å². The van der Waals surface area contributed by atoms with Gasteiger partial charge in [0.25, 0.3) is 0 Å². The highest BCUT2D eigenvalue weighted by atomic mass is 14.6. The molecule has 0 bridgehead atoms. The van der Waals surface area contributed by atoms with Crippen LogP contribution in [0.25, 0.3) is 0 Å². The van der Waals surface area contributed by atoms with E-state index in [4.69, 9.17) is 13.6 Å². The van der Waals surface area contributed by atoms with Gasteiger partial charge in [0, 0.05) is 6.04 Å². The predicted octanol–water partition coefficient (Wildman–Crippen LogP) is 0.370. The Morgan fingerprint density at radius 3 is 2.36 bits per heavy atom. The zero-order valence-electron chi connectivity index (χ0n) is 6.75. The first-order valence-corrected chi connectivity index (χ1v) is 3.78. The van der Waals surface area contributed by atoms with Crippen LogP contribution in [-0.4, -0.2) is 13.9 Å². The molecule has 0 aliphatic heterocycles. The summed E-state index contributed by atoms with van der Waals surface area (Å²) in [6.45, 7) is 2.00. The molecule has 0 amide bonds. The van der Waals surface area contributed by atoms with Crippen molar-refractivity contribution >= 4 is 13.3 Å². The van der Waals surface area contributed by atoms with E-state index in [9.17, 15) is 0 Å². The molecule has 0 aliphatic rings. The van der Waals surface area contributed by atoms with Crippen molar-refractivity contribution in [1.82, 2.24) is 0 Å². The molecule has 0 spiro atoms. The quantitative estimate of drug-likeness (QED) is 0.597. The smallest absolute Gasteiger partial charge is 0.113 e. The van der Waals surface area contributed by atoms with Crippen LogP contribution in [-0.2, 0) is 6.42 Å². The molecule has 1 aromatic rings. The summed E-state index contributed by atoms with van der Waals surface area (Å²) in [5, 5.41) is 0. The van der Waals surface area contributed by atoms with E-state index in [2.05, 4.69) is 0 Å². The van der Waals surface area contributed by atoms with Crippen LogP contribution in [0.15, 0.2) is 24.3 Å². The van der Waals surface area contributed by atoms with Crippen LogP contribution in [0.4, 0.5) is 0 Å². The first-order chi connectivity index (χ1) is 5.18. The lowest BCUT2D eigenvalue weighted by Gasteiger charge is -2.04. The van der Waals surface area contributed by atoms with Gasteiger partial charge in [0.15, 0.2) is 0 Å². The van der Waals surface area contributed by atoms with Gasteiger partial charge in [0.05, 0.1) is 0 Å². The zero-order valence-corrected chi connectivity index (χ0v) is 6.75. The topological polar surface area (TPSA) is 26.0 Å². The number of nitrogens with two attached hydrogens (primary N) is 1. The van der Waals surface area contributed by atoms with Crippen molar-refractivity contribution in [1.29, 1.82) is 0 Å². The molecule has 2 heteroatoms. The summed E-state index contributed by atoms with van der Waals surface area (Å²) in [6, 6.07) is 8.05. The molecule has 1 aromatic carbocycles. The number of hydrogen-bond donors (Lipinski definition) is 1. The van der Waals surface area contributed by atoms with E-state index in [1.165, 1.54) is 5.56 Å². The van der Waals surface area contributed by atoms with Crippen LogP contribution >= 0.6 is 0 Å². The fourth-order valence-electron chi connectivity index (χ4n) is 1.03. The van der Waals surface area contributed by atoms with Crippen molar-refractivity contribution in [2.45, 2.75) is 19.4 Å². The molecule has 2 radical (unpaired) electrons. The number of hydrogen-bond acceptors (Lipinski definition) is 1. The van der Waals surface area contributed by atoms with Gasteiger partial charge >= 0.3 is 0 Å². The van der Waals surface area contributed by atoms with Crippen LogP contribution in [0.1, 0.15) is 12.5 Å². The first-order valence-electron chi connectivity index (χ1n) is 3.78. The minimum Gasteiger partial charge on any atom is -0.328 e. The molecule has 1 nitrogen and oxygen atoms in total. The molecular weight excluding hydrogens is 133 g/mol. The second-order valence-electron chi connectivity index (χ2n) is 2.92. The van der Waals surface area contributed by atoms with E-state index in [-0.39, 0.29) is 6.04 Å². The Morgan fingerprint density at radius 1 is 1.36 bits per heavy atom. The maximum absolute atomic E-state index is 5.63. The highest BCUT2D eigenvalue weighted by Crippen LogP contribution is 1.99. The second-order valence-corrected chi connectivity index (χ2v) is 2.92. The van der Waals surface area contributed by atoms with Crippen LogP contribution in [0.5, 0.6) is 0 Å². The van der Waals surface area contributed by atoms with Crippen molar-refractivity contribution in [3.05, 3.63) is 29.8 Å². The standard InChI is InChI=1S/C9H12BN/c1-7(11)6-8-2-4-9(10)5-3-8/h2-5,7H,6,11H2,1H3. The summed E-state index contributed by atoms with van der Waals surface area (Å²) in [6.07, 6.45) is 0.917. The molecule has 0 saturated heterocycles. The highest BCUT2D eigenvalue weighted by molar-refractivity contribution is 6.32. The molecule has 0 aromatic heterocycles. The summed E-state index contributed by atoms with van der Waals surface area (Å²) in [5.74, 6) is 0. The lowest BCUT2D eigenvalue weighted by atomic mass is 9.94. The van der Waals surface area contributed by atoms with E-state index in [1.807, 2.05) is 31.2 Å². The summed E-state index contributed by atoms with van der Waals surface area (Å²) in [7, 11) is 5.53. The Bertz CT molecular complexity index is 216. The van der Waals surface area contributed by atoms with Crippen molar-refractivity contribution < 1.29 is 0 Å². The van der Waals surface area contributed by atoms with Crippen LogP contribution in [0, 0.1) is 0 Å². The molecule has 1 unspecified atom stereocenters. The monoisotopic (exact) mass is 145 g/mol. The minimum atomic E-state index is 0.221. The van der Waals surface area contributed by atoms with Crippen molar-refractivity contribution in [2.24, 2.45) is 5.73 Å². The molecule has 56 valence electrons. The van der Waals surface area contributed by atoms with E-state index >= 15 is 0 Å². The van der Waals surface area contributed by atoms with Gasteiger partial charge in [-0.05, 0) is 18.9 Å². The average molecular weight is 145 g/mol. The molecule has 0 fully saturated rings. The molecule has 1 rings (SSSR count). The second kappa shape index (κ2) is 3.58. The largest absolute Gasteiger partial charge is 0.328 e. The van der Waals surface area contributed by atoms with Crippen LogP contribution < -0.4 is 11.2 Å². The first kappa shape index (κ1) is 8.34. The summed E-state index contributed by atoms with van der Waals surface area (Å²) in [4.78, 5) is 0. The van der Waals surface area contributed by atoms with Gasteiger partial charge in [-0.1, -0.05) is 29.7 Å². The summed E-state index contributed by atoms with van der Waals surface area (Å²) in [5.41, 5.74) is 7.68. The molecule has 11 heavy (non-hydrogen) atoms. The lowest BCUT2D eigenvalue weighted by molar-refractivity contribution is 0.738. The van der Waals surface area contributed by atoms with E-state index in [0.29, 0.717) is 0 Å². The van der Waals surface area contributed by atoms with E-state index < -0.39 is 0 Å². The Balaban J connectivity index is 2.66. The molecule has 2 N–H and O–H groups in total. The molecule has 1 atom stereocenters. The Labute approximate surface area is 69.0 Å². The minimum absolute atomic E-state index is 0.221. The molecule has 0 aliphatic carbocycles. The zero-order chi connectivity index (χ0) is 8.27. The average Bonchev–Trinajstić information content (AvgIpc) is 1.93. The van der Waals surface area contributed by atoms with E-state index in [0.717, 1.165) is 11.9 Å². The highest BCUT2D eigenvalue weighted by Gasteiger charge is 1.95.